The summed E-state index contributed by atoms with van der Waals surface area (Å²) in [6.45, 7) is 2.80. The molecule has 1 aliphatic heterocycles. The van der Waals surface area contributed by atoms with Crippen molar-refractivity contribution in [3.8, 4) is 0 Å². The third kappa shape index (κ3) is 3.55. The number of hydrogen-bond donors (Lipinski definition) is 1. The molecule has 0 aliphatic carbocycles. The SMILES string of the molecule is CC(Cc1ccccc1)C[C@H]1COC(N=NN)=N1. The molecule has 0 saturated heterocycles. The standard InChI is InChI=1S/C13H18N4O/c1-10(7-11-5-3-2-4-6-11)8-12-9-18-13(15-12)16-17-14/h2-6,10,12H,7-9H2,1H3,(H2,14,15,16)/t10?,12-/m0/s1. The minimum atomic E-state index is 0.171. The summed E-state index contributed by atoms with van der Waals surface area (Å²) in [6, 6.07) is 10.9. The smallest absolute Gasteiger partial charge is 0.332 e. The van der Waals surface area contributed by atoms with Gasteiger partial charge in [0.1, 0.15) is 6.61 Å². The van der Waals surface area contributed by atoms with Crippen molar-refractivity contribution in [2.24, 2.45) is 27.1 Å². The lowest BCUT2D eigenvalue weighted by atomic mass is 9.95. The van der Waals surface area contributed by atoms with Gasteiger partial charge < -0.3 is 10.6 Å². The molecule has 5 heteroatoms. The summed E-state index contributed by atoms with van der Waals surface area (Å²) >= 11 is 0. The number of amidine groups is 1. The molecule has 1 aromatic carbocycles. The van der Waals surface area contributed by atoms with Crippen molar-refractivity contribution in [3.05, 3.63) is 35.9 Å². The molecule has 0 spiro atoms. The van der Waals surface area contributed by atoms with Gasteiger partial charge in [-0.05, 0) is 24.3 Å². The molecule has 2 atom stereocenters. The fourth-order valence-electron chi connectivity index (χ4n) is 2.19. The summed E-state index contributed by atoms with van der Waals surface area (Å²) in [5.74, 6) is 5.51. The molecule has 0 amide bonds. The first-order valence-electron chi connectivity index (χ1n) is 6.13. The molecule has 0 bridgehead atoms. The van der Waals surface area contributed by atoms with Crippen LogP contribution in [0.15, 0.2) is 45.7 Å². The lowest BCUT2D eigenvalue weighted by Gasteiger charge is -2.13. The number of hydrogen-bond acceptors (Lipinski definition) is 4. The zero-order valence-electron chi connectivity index (χ0n) is 10.5. The monoisotopic (exact) mass is 246 g/mol. The van der Waals surface area contributed by atoms with Crippen LogP contribution in [0.5, 0.6) is 0 Å². The van der Waals surface area contributed by atoms with Gasteiger partial charge in [-0.1, -0.05) is 47.6 Å². The molecule has 2 N–H and O–H groups in total. The van der Waals surface area contributed by atoms with E-state index in [2.05, 4.69) is 46.5 Å². The Morgan fingerprint density at radius 1 is 1.44 bits per heavy atom. The number of ether oxygens (including phenoxy) is 1. The van der Waals surface area contributed by atoms with Crippen LogP contribution >= 0.6 is 0 Å². The number of benzene rings is 1. The van der Waals surface area contributed by atoms with Crippen LogP contribution in [0.4, 0.5) is 0 Å². The second kappa shape index (κ2) is 6.14. The van der Waals surface area contributed by atoms with Crippen molar-refractivity contribution in [1.29, 1.82) is 0 Å². The first kappa shape index (κ1) is 12.5. The van der Waals surface area contributed by atoms with E-state index in [-0.39, 0.29) is 6.04 Å². The molecule has 1 heterocycles. The average Bonchev–Trinajstić information content (AvgIpc) is 2.78. The van der Waals surface area contributed by atoms with E-state index in [1.54, 1.807) is 0 Å². The van der Waals surface area contributed by atoms with Gasteiger partial charge in [-0.3, -0.25) is 0 Å². The van der Waals surface area contributed by atoms with Crippen molar-refractivity contribution in [3.63, 3.8) is 0 Å². The predicted molar refractivity (Wildman–Crippen MR) is 70.1 cm³/mol. The second-order valence-corrected chi connectivity index (χ2v) is 4.62. The summed E-state index contributed by atoms with van der Waals surface area (Å²) < 4.78 is 5.27. The molecular weight excluding hydrogens is 228 g/mol. The van der Waals surface area contributed by atoms with E-state index < -0.39 is 0 Å². The van der Waals surface area contributed by atoms with Crippen LogP contribution in [-0.2, 0) is 11.2 Å². The number of nitrogens with two attached hydrogens (primary N) is 1. The minimum absolute atomic E-state index is 0.171. The first-order valence-corrected chi connectivity index (χ1v) is 6.13. The largest absolute Gasteiger partial charge is 0.460 e. The molecule has 0 aromatic heterocycles. The van der Waals surface area contributed by atoms with Crippen molar-refractivity contribution in [2.75, 3.05) is 6.61 Å². The summed E-state index contributed by atoms with van der Waals surface area (Å²) in [4.78, 5) is 4.31. The summed E-state index contributed by atoms with van der Waals surface area (Å²) in [5.41, 5.74) is 1.36. The summed E-state index contributed by atoms with van der Waals surface area (Å²) in [6.07, 6.45) is 2.04. The fraction of sp³-hybridized carbons (Fsp3) is 0.462. The van der Waals surface area contributed by atoms with Crippen LogP contribution < -0.4 is 5.84 Å². The average molecular weight is 246 g/mol. The Kier molecular flexibility index (Phi) is 4.28. The van der Waals surface area contributed by atoms with E-state index in [0.29, 0.717) is 18.5 Å². The van der Waals surface area contributed by atoms with Crippen molar-refractivity contribution in [2.45, 2.75) is 25.8 Å². The molecule has 0 saturated carbocycles. The van der Waals surface area contributed by atoms with E-state index in [0.717, 1.165) is 12.8 Å². The molecule has 18 heavy (non-hydrogen) atoms. The Morgan fingerprint density at radius 2 is 2.22 bits per heavy atom. The highest BCUT2D eigenvalue weighted by atomic mass is 16.5. The van der Waals surface area contributed by atoms with Crippen molar-refractivity contribution in [1.82, 2.24) is 0 Å². The Labute approximate surface area is 107 Å². The Bertz CT molecular complexity index is 430. The number of rotatable bonds is 4. The van der Waals surface area contributed by atoms with Gasteiger partial charge >= 0.3 is 6.02 Å². The maximum Gasteiger partial charge on any atom is 0.332 e. The normalized spacial score (nSPS) is 20.7. The zero-order valence-corrected chi connectivity index (χ0v) is 10.5. The highest BCUT2D eigenvalue weighted by molar-refractivity contribution is 5.75. The molecule has 1 unspecified atom stereocenters. The van der Waals surface area contributed by atoms with E-state index in [1.807, 2.05) is 6.07 Å². The van der Waals surface area contributed by atoms with Gasteiger partial charge in [-0.15, -0.1) is 0 Å². The molecule has 1 aliphatic rings. The summed E-state index contributed by atoms with van der Waals surface area (Å²) in [5, 5.41) is 6.76. The van der Waals surface area contributed by atoms with Crippen LogP contribution in [0.1, 0.15) is 18.9 Å². The van der Waals surface area contributed by atoms with E-state index in [1.165, 1.54) is 5.56 Å². The van der Waals surface area contributed by atoms with E-state index in [4.69, 9.17) is 10.6 Å². The molecule has 2 rings (SSSR count). The van der Waals surface area contributed by atoms with Gasteiger partial charge in [0.15, 0.2) is 0 Å². The Hall–Kier alpha value is -1.91. The summed E-state index contributed by atoms with van der Waals surface area (Å²) in [7, 11) is 0. The molecule has 5 nitrogen and oxygen atoms in total. The van der Waals surface area contributed by atoms with Gasteiger partial charge in [0.2, 0.25) is 0 Å². The first-order chi connectivity index (χ1) is 8.78. The van der Waals surface area contributed by atoms with Crippen LogP contribution in [0.25, 0.3) is 0 Å². The zero-order chi connectivity index (χ0) is 12.8. The lowest BCUT2D eigenvalue weighted by molar-refractivity contribution is 0.293. The Balaban J connectivity index is 1.83. The molecule has 0 radical (unpaired) electrons. The van der Waals surface area contributed by atoms with Crippen LogP contribution in [0, 0.1) is 5.92 Å². The molecule has 96 valence electrons. The van der Waals surface area contributed by atoms with Gasteiger partial charge in [-0.25, -0.2) is 4.99 Å². The lowest BCUT2D eigenvalue weighted by Crippen LogP contribution is -2.13. The molecular formula is C13H18N4O. The second-order valence-electron chi connectivity index (χ2n) is 4.62. The number of aliphatic imine (C=N–C) groups is 1. The molecule has 0 fully saturated rings. The maximum absolute atomic E-state index is 5.27. The van der Waals surface area contributed by atoms with E-state index >= 15 is 0 Å². The van der Waals surface area contributed by atoms with Crippen molar-refractivity contribution >= 4 is 6.02 Å². The topological polar surface area (TPSA) is 72.3 Å². The maximum atomic E-state index is 5.27. The van der Waals surface area contributed by atoms with Crippen molar-refractivity contribution < 1.29 is 4.74 Å². The van der Waals surface area contributed by atoms with Crippen LogP contribution in [0.3, 0.4) is 0 Å². The third-order valence-electron chi connectivity index (χ3n) is 2.94. The predicted octanol–water partition coefficient (Wildman–Crippen LogP) is 2.34. The molecule has 1 aromatic rings. The highest BCUT2D eigenvalue weighted by Crippen LogP contribution is 2.18. The minimum Gasteiger partial charge on any atom is -0.460 e. The van der Waals surface area contributed by atoms with E-state index in [9.17, 15) is 0 Å². The fourth-order valence-corrected chi connectivity index (χ4v) is 2.19. The highest BCUT2D eigenvalue weighted by Gasteiger charge is 2.21. The van der Waals surface area contributed by atoms with Gasteiger partial charge in [0.25, 0.3) is 0 Å². The van der Waals surface area contributed by atoms with Gasteiger partial charge in [-0.2, -0.15) is 0 Å². The quantitative estimate of drug-likeness (QED) is 0.503. The number of nitrogens with zero attached hydrogens (tertiary/aromatic N) is 3. The Morgan fingerprint density at radius 3 is 2.94 bits per heavy atom. The van der Waals surface area contributed by atoms with Gasteiger partial charge in [0.05, 0.1) is 6.04 Å². The van der Waals surface area contributed by atoms with Crippen LogP contribution in [0.2, 0.25) is 0 Å². The van der Waals surface area contributed by atoms with Gasteiger partial charge in [0, 0.05) is 0 Å². The third-order valence-corrected chi connectivity index (χ3v) is 2.94. The van der Waals surface area contributed by atoms with Crippen LogP contribution in [-0.4, -0.2) is 18.7 Å².